The van der Waals surface area contributed by atoms with E-state index in [1.807, 2.05) is 0 Å². The fraction of sp³-hybridized carbons (Fsp3) is 0.188. The van der Waals surface area contributed by atoms with Crippen molar-refractivity contribution in [1.82, 2.24) is 0 Å². The quantitative estimate of drug-likeness (QED) is 0.871. The molecule has 0 radical (unpaired) electrons. The minimum absolute atomic E-state index is 0.0137. The Balaban J connectivity index is 1.73. The van der Waals surface area contributed by atoms with Gasteiger partial charge < -0.3 is 19.3 Å². The molecule has 0 amide bonds. The molecule has 5 heteroatoms. The molecule has 0 fully saturated rings. The zero-order valence-electron chi connectivity index (χ0n) is 11.0. The van der Waals surface area contributed by atoms with Gasteiger partial charge in [0.1, 0.15) is 18.1 Å². The predicted molar refractivity (Wildman–Crippen MR) is 73.2 cm³/mol. The zero-order chi connectivity index (χ0) is 14.4. The SMILES string of the molecule is O=C1c2cc3c(cc2OCC1c1ccc(O)cc1)OCO3. The normalized spacial score (nSPS) is 19.0. The molecule has 2 aromatic rings. The first-order valence-corrected chi connectivity index (χ1v) is 6.62. The molecule has 1 unspecified atom stereocenters. The number of phenolic OH excluding ortho intramolecular Hbond substituents is 1. The number of benzene rings is 2. The number of ether oxygens (including phenoxy) is 3. The lowest BCUT2D eigenvalue weighted by Crippen LogP contribution is -2.25. The molecule has 106 valence electrons. The number of phenols is 1. The highest BCUT2D eigenvalue weighted by atomic mass is 16.7. The van der Waals surface area contributed by atoms with Crippen molar-refractivity contribution < 1.29 is 24.1 Å². The lowest BCUT2D eigenvalue weighted by molar-refractivity contribution is 0.0896. The third kappa shape index (κ3) is 1.89. The van der Waals surface area contributed by atoms with Crippen LogP contribution in [0.4, 0.5) is 0 Å². The predicted octanol–water partition coefficient (Wildman–Crippen LogP) is 2.48. The summed E-state index contributed by atoms with van der Waals surface area (Å²) in [6, 6.07) is 9.98. The summed E-state index contributed by atoms with van der Waals surface area (Å²) in [7, 11) is 0. The van der Waals surface area contributed by atoms with Crippen LogP contribution in [0.2, 0.25) is 0 Å². The Morgan fingerprint density at radius 1 is 0.952 bits per heavy atom. The molecule has 0 aromatic heterocycles. The molecule has 2 aliphatic heterocycles. The van der Waals surface area contributed by atoms with Gasteiger partial charge in [-0.3, -0.25) is 4.79 Å². The van der Waals surface area contributed by atoms with Crippen molar-refractivity contribution in [3.05, 3.63) is 47.5 Å². The molecule has 1 N–H and O–H groups in total. The number of aromatic hydroxyl groups is 1. The summed E-state index contributed by atoms with van der Waals surface area (Å²) in [5.41, 5.74) is 1.32. The van der Waals surface area contributed by atoms with Crippen LogP contribution in [0.15, 0.2) is 36.4 Å². The van der Waals surface area contributed by atoms with Crippen LogP contribution >= 0.6 is 0 Å². The molecule has 0 bridgehead atoms. The molecule has 2 aliphatic rings. The van der Waals surface area contributed by atoms with Gasteiger partial charge in [0.25, 0.3) is 0 Å². The maximum atomic E-state index is 12.7. The first-order valence-electron chi connectivity index (χ1n) is 6.62. The molecule has 0 aliphatic carbocycles. The summed E-state index contributed by atoms with van der Waals surface area (Å²) in [5, 5.41) is 9.34. The third-order valence-corrected chi connectivity index (χ3v) is 3.76. The van der Waals surface area contributed by atoms with E-state index in [0.717, 1.165) is 5.56 Å². The maximum Gasteiger partial charge on any atom is 0.231 e. The largest absolute Gasteiger partial charge is 0.508 e. The van der Waals surface area contributed by atoms with Crippen LogP contribution in [0.1, 0.15) is 21.8 Å². The molecule has 0 spiro atoms. The standard InChI is InChI=1S/C16H12O5/c17-10-3-1-9(2-4-10)12-7-19-13-6-15-14(20-8-21-15)5-11(13)16(12)18/h1-6,12,17H,7-8H2. The Hall–Kier alpha value is -2.69. The van der Waals surface area contributed by atoms with Gasteiger partial charge in [-0.05, 0) is 23.8 Å². The number of hydrogen-bond acceptors (Lipinski definition) is 5. The summed E-state index contributed by atoms with van der Waals surface area (Å²) < 4.78 is 16.3. The van der Waals surface area contributed by atoms with Crippen molar-refractivity contribution in [2.75, 3.05) is 13.4 Å². The zero-order valence-corrected chi connectivity index (χ0v) is 11.0. The fourth-order valence-electron chi connectivity index (χ4n) is 2.63. The van der Waals surface area contributed by atoms with E-state index in [4.69, 9.17) is 14.2 Å². The minimum Gasteiger partial charge on any atom is -0.508 e. The van der Waals surface area contributed by atoms with Crippen LogP contribution in [-0.4, -0.2) is 24.3 Å². The Kier molecular flexibility index (Phi) is 2.54. The topological polar surface area (TPSA) is 65.0 Å². The van der Waals surface area contributed by atoms with Gasteiger partial charge in [0.05, 0.1) is 11.5 Å². The van der Waals surface area contributed by atoms with Crippen LogP contribution in [0.5, 0.6) is 23.0 Å². The number of ketones is 1. The second-order valence-corrected chi connectivity index (χ2v) is 5.02. The summed E-state index contributed by atoms with van der Waals surface area (Å²) in [4.78, 5) is 12.7. The Morgan fingerprint density at radius 3 is 2.43 bits per heavy atom. The second-order valence-electron chi connectivity index (χ2n) is 5.02. The number of carbonyl (C=O) groups excluding carboxylic acids is 1. The number of fused-ring (bicyclic) bond motifs is 2. The van der Waals surface area contributed by atoms with Gasteiger partial charge in [-0.15, -0.1) is 0 Å². The molecule has 5 nitrogen and oxygen atoms in total. The van der Waals surface area contributed by atoms with Crippen molar-refractivity contribution in [3.8, 4) is 23.0 Å². The molecule has 0 saturated heterocycles. The molecule has 2 aromatic carbocycles. The van der Waals surface area contributed by atoms with E-state index in [-0.39, 0.29) is 30.9 Å². The molecule has 1 atom stereocenters. The molecule has 4 rings (SSSR count). The van der Waals surface area contributed by atoms with E-state index in [0.29, 0.717) is 22.8 Å². The Bertz CT molecular complexity index is 720. The van der Waals surface area contributed by atoms with E-state index < -0.39 is 0 Å². The van der Waals surface area contributed by atoms with Crippen LogP contribution in [0, 0.1) is 0 Å². The Labute approximate surface area is 120 Å². The van der Waals surface area contributed by atoms with Gasteiger partial charge in [0.2, 0.25) is 6.79 Å². The first-order chi connectivity index (χ1) is 10.2. The number of Topliss-reactive ketones (excluding diaryl/α,β-unsaturated/α-hetero) is 1. The van der Waals surface area contributed by atoms with Crippen LogP contribution < -0.4 is 14.2 Å². The van der Waals surface area contributed by atoms with Crippen molar-refractivity contribution in [3.63, 3.8) is 0 Å². The highest BCUT2D eigenvalue weighted by molar-refractivity contribution is 6.04. The van der Waals surface area contributed by atoms with E-state index in [1.165, 1.54) is 0 Å². The molecular formula is C16H12O5. The third-order valence-electron chi connectivity index (χ3n) is 3.76. The van der Waals surface area contributed by atoms with Gasteiger partial charge >= 0.3 is 0 Å². The fourth-order valence-corrected chi connectivity index (χ4v) is 2.63. The van der Waals surface area contributed by atoms with E-state index in [2.05, 4.69) is 0 Å². The van der Waals surface area contributed by atoms with E-state index in [1.54, 1.807) is 36.4 Å². The molecule has 0 saturated carbocycles. The maximum absolute atomic E-state index is 12.7. The number of carbonyl (C=O) groups is 1. The van der Waals surface area contributed by atoms with E-state index in [9.17, 15) is 9.90 Å². The molecular weight excluding hydrogens is 272 g/mol. The van der Waals surface area contributed by atoms with E-state index >= 15 is 0 Å². The minimum atomic E-state index is -0.376. The summed E-state index contributed by atoms with van der Waals surface area (Å²) >= 11 is 0. The highest BCUT2D eigenvalue weighted by Gasteiger charge is 2.32. The van der Waals surface area contributed by atoms with Gasteiger partial charge in [-0.1, -0.05) is 12.1 Å². The van der Waals surface area contributed by atoms with Gasteiger partial charge in [0.15, 0.2) is 17.3 Å². The lowest BCUT2D eigenvalue weighted by Gasteiger charge is -2.24. The van der Waals surface area contributed by atoms with Gasteiger partial charge in [-0.2, -0.15) is 0 Å². The number of hydrogen-bond donors (Lipinski definition) is 1. The summed E-state index contributed by atoms with van der Waals surface area (Å²) in [6.07, 6.45) is 0. The van der Waals surface area contributed by atoms with Crippen molar-refractivity contribution in [2.24, 2.45) is 0 Å². The molecule has 2 heterocycles. The highest BCUT2D eigenvalue weighted by Crippen LogP contribution is 2.42. The molecule has 21 heavy (non-hydrogen) atoms. The average Bonchev–Trinajstić information content (AvgIpc) is 2.94. The number of rotatable bonds is 1. The Morgan fingerprint density at radius 2 is 1.67 bits per heavy atom. The second kappa shape index (κ2) is 4.41. The lowest BCUT2D eigenvalue weighted by atomic mass is 9.89. The van der Waals surface area contributed by atoms with Gasteiger partial charge in [0, 0.05) is 6.07 Å². The smallest absolute Gasteiger partial charge is 0.231 e. The van der Waals surface area contributed by atoms with Gasteiger partial charge in [-0.25, -0.2) is 0 Å². The average molecular weight is 284 g/mol. The first kappa shape index (κ1) is 12.1. The summed E-state index contributed by atoms with van der Waals surface area (Å²) in [5.74, 6) is 1.48. The summed E-state index contributed by atoms with van der Waals surface area (Å²) in [6.45, 7) is 0.435. The van der Waals surface area contributed by atoms with Crippen molar-refractivity contribution in [1.29, 1.82) is 0 Å². The van der Waals surface area contributed by atoms with Crippen LogP contribution in [0.3, 0.4) is 0 Å². The monoisotopic (exact) mass is 284 g/mol. The van der Waals surface area contributed by atoms with Crippen LogP contribution in [-0.2, 0) is 0 Å². The van der Waals surface area contributed by atoms with Crippen LogP contribution in [0.25, 0.3) is 0 Å². The van der Waals surface area contributed by atoms with Crippen molar-refractivity contribution >= 4 is 5.78 Å². The van der Waals surface area contributed by atoms with Crippen molar-refractivity contribution in [2.45, 2.75) is 5.92 Å².